The number of hydrogen-bond donors (Lipinski definition) is 2. The third-order valence-corrected chi connectivity index (χ3v) is 3.94. The molecule has 0 atom stereocenters. The van der Waals surface area contributed by atoms with Gasteiger partial charge in [0.1, 0.15) is 5.54 Å². The fourth-order valence-electron chi connectivity index (χ4n) is 2.55. The predicted molar refractivity (Wildman–Crippen MR) is 75.1 cm³/mol. The maximum atomic E-state index is 11.6. The molecule has 0 radical (unpaired) electrons. The van der Waals surface area contributed by atoms with Crippen LogP contribution >= 0.6 is 0 Å². The van der Waals surface area contributed by atoms with E-state index < -0.39 is 5.54 Å². The van der Waals surface area contributed by atoms with Gasteiger partial charge in [-0.05, 0) is 45.1 Å². The lowest BCUT2D eigenvalue weighted by Crippen LogP contribution is -2.53. The minimum Gasteiger partial charge on any atom is -0.469 e. The number of carbonyl (C=O) groups is 2. The van der Waals surface area contributed by atoms with E-state index in [0.717, 1.165) is 32.2 Å². The molecular weight excluding hydrogens is 260 g/mol. The first-order valence-corrected chi connectivity index (χ1v) is 7.19. The number of hydrogen-bond acceptors (Lipinski definition) is 6. The number of carbonyl (C=O) groups excluding carboxylic acids is 2. The third kappa shape index (κ3) is 5.09. The second-order valence-corrected chi connectivity index (χ2v) is 5.41. The molecule has 1 aliphatic carbocycles. The lowest BCUT2D eigenvalue weighted by atomic mass is 9.80. The van der Waals surface area contributed by atoms with E-state index in [-0.39, 0.29) is 11.9 Å². The van der Waals surface area contributed by atoms with E-state index in [0.29, 0.717) is 25.3 Å². The maximum Gasteiger partial charge on any atom is 0.325 e. The van der Waals surface area contributed by atoms with E-state index in [1.54, 1.807) is 0 Å². The summed E-state index contributed by atoms with van der Waals surface area (Å²) in [5, 5.41) is 3.45. The number of methoxy groups -OCH3 is 2. The van der Waals surface area contributed by atoms with Gasteiger partial charge in [0.2, 0.25) is 0 Å². The van der Waals surface area contributed by atoms with Crippen LogP contribution in [-0.4, -0.2) is 44.3 Å². The molecule has 6 nitrogen and oxygen atoms in total. The van der Waals surface area contributed by atoms with Crippen LogP contribution in [0, 0.1) is 0 Å². The van der Waals surface area contributed by atoms with Crippen LogP contribution in [-0.2, 0) is 19.1 Å². The first-order valence-electron chi connectivity index (χ1n) is 7.19. The Morgan fingerprint density at radius 2 is 1.85 bits per heavy atom. The smallest absolute Gasteiger partial charge is 0.325 e. The summed E-state index contributed by atoms with van der Waals surface area (Å²) in [4.78, 5) is 22.5. The topological polar surface area (TPSA) is 90.6 Å². The Labute approximate surface area is 120 Å². The van der Waals surface area contributed by atoms with Crippen molar-refractivity contribution in [3.8, 4) is 0 Å². The van der Waals surface area contributed by atoms with Gasteiger partial charge in [0.15, 0.2) is 0 Å². The van der Waals surface area contributed by atoms with Crippen LogP contribution in [0.25, 0.3) is 0 Å². The monoisotopic (exact) mass is 286 g/mol. The van der Waals surface area contributed by atoms with Gasteiger partial charge in [-0.1, -0.05) is 0 Å². The molecule has 3 N–H and O–H groups in total. The van der Waals surface area contributed by atoms with Gasteiger partial charge in [-0.2, -0.15) is 0 Å². The fraction of sp³-hybridized carbons (Fsp3) is 0.857. The molecule has 20 heavy (non-hydrogen) atoms. The van der Waals surface area contributed by atoms with E-state index >= 15 is 0 Å². The summed E-state index contributed by atoms with van der Waals surface area (Å²) in [6, 6.07) is 0.398. The van der Waals surface area contributed by atoms with E-state index in [1.165, 1.54) is 14.2 Å². The molecule has 0 amide bonds. The van der Waals surface area contributed by atoms with E-state index in [4.69, 9.17) is 10.5 Å². The molecule has 1 aliphatic rings. The highest BCUT2D eigenvalue weighted by Gasteiger charge is 2.38. The van der Waals surface area contributed by atoms with Gasteiger partial charge in [0, 0.05) is 12.5 Å². The first kappa shape index (κ1) is 16.9. The summed E-state index contributed by atoms with van der Waals surface area (Å²) in [6.45, 7) is 0.872. The van der Waals surface area contributed by atoms with Crippen molar-refractivity contribution in [1.82, 2.24) is 5.32 Å². The second-order valence-electron chi connectivity index (χ2n) is 5.41. The SMILES string of the molecule is COC(=O)CCCCNC1CCC(N)(C(=O)OC)CC1. The molecule has 0 spiro atoms. The quantitative estimate of drug-likeness (QED) is 0.530. The van der Waals surface area contributed by atoms with Gasteiger partial charge in [0.25, 0.3) is 0 Å². The Balaban J connectivity index is 2.14. The van der Waals surface area contributed by atoms with Crippen molar-refractivity contribution in [1.29, 1.82) is 0 Å². The Bertz CT molecular complexity index is 325. The Kier molecular flexibility index (Phi) is 6.95. The van der Waals surface area contributed by atoms with Crippen molar-refractivity contribution in [2.45, 2.75) is 56.5 Å². The van der Waals surface area contributed by atoms with E-state index in [1.807, 2.05) is 0 Å². The molecule has 0 unspecified atom stereocenters. The van der Waals surface area contributed by atoms with Crippen molar-refractivity contribution >= 4 is 11.9 Å². The predicted octanol–water partition coefficient (Wildman–Crippen LogP) is 0.732. The normalized spacial score (nSPS) is 26.1. The molecule has 0 aromatic rings. The molecule has 0 heterocycles. The molecule has 0 saturated heterocycles. The Morgan fingerprint density at radius 3 is 2.40 bits per heavy atom. The largest absolute Gasteiger partial charge is 0.469 e. The minimum absolute atomic E-state index is 0.159. The molecule has 0 aromatic heterocycles. The van der Waals surface area contributed by atoms with Gasteiger partial charge in [0.05, 0.1) is 14.2 Å². The van der Waals surface area contributed by atoms with Crippen molar-refractivity contribution in [3.63, 3.8) is 0 Å². The van der Waals surface area contributed by atoms with Crippen LogP contribution in [0.15, 0.2) is 0 Å². The summed E-state index contributed by atoms with van der Waals surface area (Å²) in [5.74, 6) is -0.470. The van der Waals surface area contributed by atoms with E-state index in [2.05, 4.69) is 10.1 Å². The van der Waals surface area contributed by atoms with Crippen LogP contribution < -0.4 is 11.1 Å². The zero-order valence-electron chi connectivity index (χ0n) is 12.4. The highest BCUT2D eigenvalue weighted by Crippen LogP contribution is 2.27. The first-order chi connectivity index (χ1) is 9.51. The molecule has 6 heteroatoms. The fourth-order valence-corrected chi connectivity index (χ4v) is 2.55. The standard InChI is InChI=1S/C14H26N2O4/c1-19-12(17)5-3-4-10-16-11-6-8-14(15,9-7-11)13(18)20-2/h11,16H,3-10,15H2,1-2H3. The van der Waals surface area contributed by atoms with Crippen molar-refractivity contribution in [3.05, 3.63) is 0 Å². The number of esters is 2. The summed E-state index contributed by atoms with van der Waals surface area (Å²) in [6.07, 6.45) is 5.30. The van der Waals surface area contributed by atoms with Crippen molar-refractivity contribution in [2.24, 2.45) is 5.73 Å². The number of ether oxygens (including phenoxy) is 2. The minimum atomic E-state index is -0.808. The lowest BCUT2D eigenvalue weighted by molar-refractivity contribution is -0.148. The molecule has 0 aromatic carbocycles. The number of nitrogens with one attached hydrogen (secondary N) is 1. The average Bonchev–Trinajstić information content (AvgIpc) is 2.47. The highest BCUT2D eigenvalue weighted by molar-refractivity contribution is 5.80. The Hall–Kier alpha value is -1.14. The molecule has 116 valence electrons. The molecule has 1 rings (SSSR count). The van der Waals surface area contributed by atoms with Crippen molar-refractivity contribution in [2.75, 3.05) is 20.8 Å². The van der Waals surface area contributed by atoms with Gasteiger partial charge in [-0.15, -0.1) is 0 Å². The zero-order valence-corrected chi connectivity index (χ0v) is 12.4. The van der Waals surface area contributed by atoms with Crippen molar-refractivity contribution < 1.29 is 19.1 Å². The zero-order chi connectivity index (χ0) is 15.0. The summed E-state index contributed by atoms with van der Waals surface area (Å²) >= 11 is 0. The van der Waals surface area contributed by atoms with Crippen LogP contribution in [0.1, 0.15) is 44.9 Å². The molecule has 0 aliphatic heterocycles. The van der Waals surface area contributed by atoms with E-state index in [9.17, 15) is 9.59 Å². The average molecular weight is 286 g/mol. The lowest BCUT2D eigenvalue weighted by Gasteiger charge is -2.35. The summed E-state index contributed by atoms with van der Waals surface area (Å²) < 4.78 is 9.33. The molecular formula is C14H26N2O4. The van der Waals surface area contributed by atoms with Gasteiger partial charge < -0.3 is 20.5 Å². The number of unbranched alkanes of at least 4 members (excludes halogenated alkanes) is 1. The highest BCUT2D eigenvalue weighted by atomic mass is 16.5. The van der Waals surface area contributed by atoms with Crippen LogP contribution in [0.5, 0.6) is 0 Å². The second kappa shape index (κ2) is 8.21. The molecule has 0 bridgehead atoms. The number of rotatable bonds is 7. The van der Waals surface area contributed by atoms with Gasteiger partial charge >= 0.3 is 11.9 Å². The van der Waals surface area contributed by atoms with Gasteiger partial charge in [-0.3, -0.25) is 9.59 Å². The van der Waals surface area contributed by atoms with Gasteiger partial charge in [-0.25, -0.2) is 0 Å². The van der Waals surface area contributed by atoms with Crippen LogP contribution in [0.4, 0.5) is 0 Å². The Morgan fingerprint density at radius 1 is 1.20 bits per heavy atom. The van der Waals surface area contributed by atoms with Crippen LogP contribution in [0.2, 0.25) is 0 Å². The third-order valence-electron chi connectivity index (χ3n) is 3.94. The maximum absolute atomic E-state index is 11.6. The molecule has 1 fully saturated rings. The summed E-state index contributed by atoms with van der Waals surface area (Å²) in [7, 11) is 2.78. The number of nitrogens with two attached hydrogens (primary N) is 1. The summed E-state index contributed by atoms with van der Waals surface area (Å²) in [5.41, 5.74) is 5.24. The van der Waals surface area contributed by atoms with Crippen LogP contribution in [0.3, 0.4) is 0 Å². The molecule has 1 saturated carbocycles.